The predicted molar refractivity (Wildman–Crippen MR) is 81.9 cm³/mol. The molecule has 2 aromatic heterocycles. The summed E-state index contributed by atoms with van der Waals surface area (Å²) in [4.78, 5) is 12.8. The van der Waals surface area contributed by atoms with Crippen LogP contribution in [0.3, 0.4) is 0 Å². The summed E-state index contributed by atoms with van der Waals surface area (Å²) in [5.41, 5.74) is 3.00. The molecule has 21 heavy (non-hydrogen) atoms. The smallest absolute Gasteiger partial charge is 0.218 e. The molecule has 0 radical (unpaired) electrons. The Balaban J connectivity index is 1.89. The summed E-state index contributed by atoms with van der Waals surface area (Å²) in [6.45, 7) is 4.49. The Hall–Kier alpha value is -2.63. The number of aromatic nitrogens is 4. The van der Waals surface area contributed by atoms with E-state index < -0.39 is 0 Å². The van der Waals surface area contributed by atoms with Crippen molar-refractivity contribution in [2.45, 2.75) is 13.8 Å². The number of rotatable bonds is 4. The zero-order valence-corrected chi connectivity index (χ0v) is 12.3. The van der Waals surface area contributed by atoms with Gasteiger partial charge in [0.1, 0.15) is 18.0 Å². The standard InChI is InChI=1S/C15H17N5O/c1-4-21-15-8-14(16-9-17-15)19-11-5-6-13-12(7-11)18-10(2)20(13)3/h5-9H,4H2,1-3H3,(H,16,17,19). The van der Waals surface area contributed by atoms with Crippen molar-refractivity contribution in [3.8, 4) is 5.88 Å². The lowest BCUT2D eigenvalue weighted by Gasteiger charge is -2.07. The summed E-state index contributed by atoms with van der Waals surface area (Å²) in [5.74, 6) is 2.24. The van der Waals surface area contributed by atoms with E-state index in [0.717, 1.165) is 22.5 Å². The van der Waals surface area contributed by atoms with Crippen molar-refractivity contribution in [3.05, 3.63) is 36.4 Å². The van der Waals surface area contributed by atoms with Crippen LogP contribution in [-0.2, 0) is 7.05 Å². The predicted octanol–water partition coefficient (Wildman–Crippen LogP) is 2.81. The first-order valence-corrected chi connectivity index (χ1v) is 6.82. The van der Waals surface area contributed by atoms with Crippen LogP contribution in [0.5, 0.6) is 5.88 Å². The van der Waals surface area contributed by atoms with Crippen molar-refractivity contribution in [1.29, 1.82) is 0 Å². The summed E-state index contributed by atoms with van der Waals surface area (Å²) in [7, 11) is 2.01. The molecule has 0 bridgehead atoms. The summed E-state index contributed by atoms with van der Waals surface area (Å²) in [6, 6.07) is 7.83. The van der Waals surface area contributed by atoms with E-state index in [1.807, 2.05) is 39.1 Å². The zero-order valence-electron chi connectivity index (χ0n) is 12.3. The first-order chi connectivity index (χ1) is 10.2. The fourth-order valence-electron chi connectivity index (χ4n) is 2.18. The number of imidazole rings is 1. The Bertz CT molecular complexity index is 781. The Morgan fingerprint density at radius 2 is 2.10 bits per heavy atom. The van der Waals surface area contributed by atoms with Gasteiger partial charge in [0.05, 0.1) is 17.6 Å². The average molecular weight is 283 g/mol. The highest BCUT2D eigenvalue weighted by Gasteiger charge is 2.06. The number of anilines is 2. The molecule has 1 N–H and O–H groups in total. The van der Waals surface area contributed by atoms with Crippen molar-refractivity contribution in [2.75, 3.05) is 11.9 Å². The van der Waals surface area contributed by atoms with Gasteiger partial charge < -0.3 is 14.6 Å². The van der Waals surface area contributed by atoms with E-state index in [0.29, 0.717) is 18.3 Å². The van der Waals surface area contributed by atoms with E-state index in [4.69, 9.17) is 4.74 Å². The highest BCUT2D eigenvalue weighted by atomic mass is 16.5. The van der Waals surface area contributed by atoms with Crippen molar-refractivity contribution >= 4 is 22.5 Å². The van der Waals surface area contributed by atoms with Gasteiger partial charge >= 0.3 is 0 Å². The van der Waals surface area contributed by atoms with E-state index in [1.165, 1.54) is 6.33 Å². The van der Waals surface area contributed by atoms with E-state index >= 15 is 0 Å². The average Bonchev–Trinajstić information content (AvgIpc) is 2.74. The maximum atomic E-state index is 5.37. The molecule has 108 valence electrons. The number of benzene rings is 1. The molecule has 0 aliphatic rings. The third kappa shape index (κ3) is 2.65. The van der Waals surface area contributed by atoms with Crippen LogP contribution >= 0.6 is 0 Å². The first kappa shape index (κ1) is 13.4. The van der Waals surface area contributed by atoms with E-state index in [1.54, 1.807) is 6.07 Å². The van der Waals surface area contributed by atoms with Gasteiger partial charge in [-0.3, -0.25) is 0 Å². The highest BCUT2D eigenvalue weighted by Crippen LogP contribution is 2.22. The van der Waals surface area contributed by atoms with E-state index in [2.05, 4.69) is 24.8 Å². The molecule has 2 heterocycles. The molecular formula is C15H17N5O. The molecule has 0 aliphatic heterocycles. The molecule has 0 aliphatic carbocycles. The number of nitrogens with one attached hydrogen (secondary N) is 1. The number of hydrogen-bond acceptors (Lipinski definition) is 5. The van der Waals surface area contributed by atoms with Gasteiger partial charge in [0.15, 0.2) is 0 Å². The molecule has 0 spiro atoms. The second-order valence-corrected chi connectivity index (χ2v) is 4.72. The van der Waals surface area contributed by atoms with Crippen LogP contribution in [0.4, 0.5) is 11.5 Å². The third-order valence-electron chi connectivity index (χ3n) is 3.31. The fraction of sp³-hybridized carbons (Fsp3) is 0.267. The Morgan fingerprint density at radius 3 is 2.90 bits per heavy atom. The summed E-state index contributed by atoms with van der Waals surface area (Å²) in [6.07, 6.45) is 1.48. The van der Waals surface area contributed by atoms with Gasteiger partial charge in [-0.25, -0.2) is 15.0 Å². The number of fused-ring (bicyclic) bond motifs is 1. The highest BCUT2D eigenvalue weighted by molar-refractivity contribution is 5.81. The summed E-state index contributed by atoms with van der Waals surface area (Å²) in [5, 5.41) is 3.24. The van der Waals surface area contributed by atoms with Gasteiger partial charge in [0, 0.05) is 18.8 Å². The summed E-state index contributed by atoms with van der Waals surface area (Å²) >= 11 is 0. The molecule has 3 aromatic rings. The second-order valence-electron chi connectivity index (χ2n) is 4.72. The molecule has 0 saturated heterocycles. The zero-order chi connectivity index (χ0) is 14.8. The van der Waals surface area contributed by atoms with Gasteiger partial charge in [-0.15, -0.1) is 0 Å². The summed E-state index contributed by atoms with van der Waals surface area (Å²) < 4.78 is 7.43. The van der Waals surface area contributed by atoms with Gasteiger partial charge in [0.25, 0.3) is 0 Å². The minimum atomic E-state index is 0.560. The number of aryl methyl sites for hydroxylation is 2. The van der Waals surface area contributed by atoms with Crippen LogP contribution < -0.4 is 10.1 Å². The van der Waals surface area contributed by atoms with Crippen molar-refractivity contribution in [2.24, 2.45) is 7.05 Å². The van der Waals surface area contributed by atoms with Crippen molar-refractivity contribution in [1.82, 2.24) is 19.5 Å². The lowest BCUT2D eigenvalue weighted by molar-refractivity contribution is 0.326. The Morgan fingerprint density at radius 1 is 1.24 bits per heavy atom. The van der Waals surface area contributed by atoms with Gasteiger partial charge in [-0.2, -0.15) is 0 Å². The third-order valence-corrected chi connectivity index (χ3v) is 3.31. The largest absolute Gasteiger partial charge is 0.478 e. The quantitative estimate of drug-likeness (QED) is 0.797. The van der Waals surface area contributed by atoms with Gasteiger partial charge in [-0.1, -0.05) is 0 Å². The molecule has 0 saturated carbocycles. The molecular weight excluding hydrogens is 266 g/mol. The van der Waals surface area contributed by atoms with E-state index in [-0.39, 0.29) is 0 Å². The van der Waals surface area contributed by atoms with Crippen LogP contribution in [0.25, 0.3) is 11.0 Å². The first-order valence-electron chi connectivity index (χ1n) is 6.82. The van der Waals surface area contributed by atoms with Gasteiger partial charge in [0.2, 0.25) is 5.88 Å². The number of hydrogen-bond donors (Lipinski definition) is 1. The van der Waals surface area contributed by atoms with E-state index in [9.17, 15) is 0 Å². The van der Waals surface area contributed by atoms with Crippen LogP contribution in [0.2, 0.25) is 0 Å². The minimum Gasteiger partial charge on any atom is -0.478 e. The fourth-order valence-corrected chi connectivity index (χ4v) is 2.18. The number of ether oxygens (including phenoxy) is 1. The molecule has 0 atom stereocenters. The topological polar surface area (TPSA) is 64.9 Å². The maximum Gasteiger partial charge on any atom is 0.218 e. The molecule has 1 aromatic carbocycles. The monoisotopic (exact) mass is 283 g/mol. The Kier molecular flexibility index (Phi) is 3.43. The molecule has 6 nitrogen and oxygen atoms in total. The normalized spacial score (nSPS) is 10.8. The van der Waals surface area contributed by atoms with Crippen LogP contribution in [0.1, 0.15) is 12.7 Å². The lowest BCUT2D eigenvalue weighted by Crippen LogP contribution is -1.98. The van der Waals surface area contributed by atoms with Crippen LogP contribution in [-0.4, -0.2) is 26.1 Å². The minimum absolute atomic E-state index is 0.560. The molecule has 6 heteroatoms. The lowest BCUT2D eigenvalue weighted by atomic mass is 10.2. The molecule has 0 fully saturated rings. The van der Waals surface area contributed by atoms with Crippen molar-refractivity contribution < 1.29 is 4.74 Å². The number of nitrogens with zero attached hydrogens (tertiary/aromatic N) is 4. The molecule has 0 unspecified atom stereocenters. The van der Waals surface area contributed by atoms with Crippen LogP contribution in [0.15, 0.2) is 30.6 Å². The SMILES string of the molecule is CCOc1cc(Nc2ccc3c(c2)nc(C)n3C)ncn1. The van der Waals surface area contributed by atoms with Crippen LogP contribution in [0, 0.1) is 6.92 Å². The maximum absolute atomic E-state index is 5.37. The Labute approximate surface area is 122 Å². The van der Waals surface area contributed by atoms with Crippen molar-refractivity contribution in [3.63, 3.8) is 0 Å². The molecule has 0 amide bonds. The molecule has 3 rings (SSSR count). The van der Waals surface area contributed by atoms with Gasteiger partial charge in [-0.05, 0) is 32.0 Å². The second kappa shape index (κ2) is 5.40.